The molecule has 2 N–H and O–H groups in total. The van der Waals surface area contributed by atoms with Crippen molar-refractivity contribution in [3.63, 3.8) is 0 Å². The smallest absolute Gasteiger partial charge is 0.191 e. The van der Waals surface area contributed by atoms with Gasteiger partial charge in [-0.1, -0.05) is 48.0 Å². The van der Waals surface area contributed by atoms with Gasteiger partial charge < -0.3 is 15.4 Å². The van der Waals surface area contributed by atoms with Gasteiger partial charge in [0.25, 0.3) is 0 Å². The van der Waals surface area contributed by atoms with Gasteiger partial charge in [0, 0.05) is 45.2 Å². The highest BCUT2D eigenvalue weighted by atomic mass is 127. The predicted molar refractivity (Wildman–Crippen MR) is 139 cm³/mol. The number of aryl methyl sites for hydroxylation is 1. The zero-order valence-corrected chi connectivity index (χ0v) is 21.0. The summed E-state index contributed by atoms with van der Waals surface area (Å²) in [7, 11) is 1.86. The van der Waals surface area contributed by atoms with Gasteiger partial charge in [-0.15, -0.1) is 24.0 Å². The average molecular weight is 534 g/mol. The molecule has 168 valence electrons. The highest BCUT2D eigenvalue weighted by molar-refractivity contribution is 14.0. The molecule has 2 aliphatic rings. The monoisotopic (exact) mass is 534 g/mol. The third-order valence-corrected chi connectivity index (χ3v) is 6.24. The van der Waals surface area contributed by atoms with Crippen molar-refractivity contribution in [3.05, 3.63) is 65.2 Å². The molecule has 1 atom stereocenters. The summed E-state index contributed by atoms with van der Waals surface area (Å²) >= 11 is 0. The molecule has 0 spiro atoms. The van der Waals surface area contributed by atoms with Crippen LogP contribution in [0, 0.1) is 6.92 Å². The number of guanidine groups is 1. The van der Waals surface area contributed by atoms with E-state index in [9.17, 15) is 0 Å². The van der Waals surface area contributed by atoms with Crippen LogP contribution in [0.1, 0.15) is 41.9 Å². The van der Waals surface area contributed by atoms with Crippen LogP contribution < -0.4 is 15.4 Å². The van der Waals surface area contributed by atoms with Crippen LogP contribution in [0.15, 0.2) is 53.5 Å². The lowest BCUT2D eigenvalue weighted by Crippen LogP contribution is -2.49. The minimum atomic E-state index is 0. The summed E-state index contributed by atoms with van der Waals surface area (Å²) in [5.74, 6) is 2.40. The highest BCUT2D eigenvalue weighted by Gasteiger charge is 2.23. The van der Waals surface area contributed by atoms with Gasteiger partial charge in [0.1, 0.15) is 5.75 Å². The second-order valence-electron chi connectivity index (χ2n) is 8.51. The van der Waals surface area contributed by atoms with E-state index in [1.165, 1.54) is 16.7 Å². The lowest BCUT2D eigenvalue weighted by Gasteiger charge is -2.33. The van der Waals surface area contributed by atoms with Crippen LogP contribution in [0.3, 0.4) is 0 Å². The second kappa shape index (κ2) is 11.7. The first-order valence-corrected chi connectivity index (χ1v) is 11.2. The number of fused-ring (bicyclic) bond motifs is 1. The summed E-state index contributed by atoms with van der Waals surface area (Å²) in [6.45, 7) is 7.12. The molecule has 2 aromatic rings. The fraction of sp³-hybridized carbons (Fsp3) is 0.480. The molecule has 1 saturated heterocycles. The van der Waals surface area contributed by atoms with Crippen molar-refractivity contribution in [3.8, 4) is 5.75 Å². The van der Waals surface area contributed by atoms with Crippen LogP contribution in [0.5, 0.6) is 5.75 Å². The first kappa shape index (κ1) is 23.9. The molecule has 0 aromatic heterocycles. The fourth-order valence-electron chi connectivity index (χ4n) is 4.54. The number of hydrogen-bond acceptors (Lipinski definition) is 3. The maximum Gasteiger partial charge on any atom is 0.191 e. The molecular formula is C25H35IN4O. The maximum atomic E-state index is 5.79. The lowest BCUT2D eigenvalue weighted by molar-refractivity contribution is 0.198. The van der Waals surface area contributed by atoms with E-state index in [4.69, 9.17) is 4.74 Å². The van der Waals surface area contributed by atoms with Crippen LogP contribution in [0.2, 0.25) is 0 Å². The molecule has 2 aliphatic heterocycles. The van der Waals surface area contributed by atoms with Crippen LogP contribution in [0.25, 0.3) is 0 Å². The molecule has 31 heavy (non-hydrogen) atoms. The zero-order valence-electron chi connectivity index (χ0n) is 18.6. The molecule has 5 nitrogen and oxygen atoms in total. The molecule has 1 fully saturated rings. The molecule has 1 unspecified atom stereocenters. The van der Waals surface area contributed by atoms with E-state index in [0.717, 1.165) is 63.8 Å². The standard InChI is InChI=1S/C25H34N4O.HI/c1-19-6-5-7-20(16-19)18-29-13-10-22(11-14-29)28-25(26-2)27-17-21-12-15-30-24-9-4-3-8-23(21)24;/h3-9,16,21-22H,10-15,17-18H2,1-2H3,(H2,26,27,28);1H. The zero-order chi connectivity index (χ0) is 20.8. The summed E-state index contributed by atoms with van der Waals surface area (Å²) in [5, 5.41) is 7.20. The molecule has 2 aromatic carbocycles. The first-order valence-electron chi connectivity index (χ1n) is 11.2. The van der Waals surface area contributed by atoms with Gasteiger partial charge in [0.2, 0.25) is 0 Å². The van der Waals surface area contributed by atoms with Crippen molar-refractivity contribution in [2.24, 2.45) is 4.99 Å². The lowest BCUT2D eigenvalue weighted by atomic mass is 9.93. The number of halogens is 1. The average Bonchev–Trinajstić information content (AvgIpc) is 2.78. The number of likely N-dealkylation sites (tertiary alicyclic amines) is 1. The Hall–Kier alpha value is -1.80. The number of aliphatic imine (C=N–C) groups is 1. The highest BCUT2D eigenvalue weighted by Crippen LogP contribution is 2.32. The number of hydrogen-bond donors (Lipinski definition) is 2. The first-order chi connectivity index (χ1) is 14.7. The van der Waals surface area contributed by atoms with Gasteiger partial charge >= 0.3 is 0 Å². The molecule has 2 heterocycles. The number of nitrogens with one attached hydrogen (secondary N) is 2. The maximum absolute atomic E-state index is 5.79. The van der Waals surface area contributed by atoms with Gasteiger partial charge in [0.05, 0.1) is 6.61 Å². The van der Waals surface area contributed by atoms with Crippen LogP contribution in [-0.4, -0.2) is 50.2 Å². The van der Waals surface area contributed by atoms with E-state index in [2.05, 4.69) is 69.9 Å². The summed E-state index contributed by atoms with van der Waals surface area (Å²) < 4.78 is 5.79. The van der Waals surface area contributed by atoms with Gasteiger partial charge in [-0.25, -0.2) is 0 Å². The Morgan fingerprint density at radius 2 is 1.90 bits per heavy atom. The Kier molecular flexibility index (Phi) is 9.02. The number of para-hydroxylation sites is 1. The van der Waals surface area contributed by atoms with Crippen molar-refractivity contribution in [1.29, 1.82) is 0 Å². The number of nitrogens with zero attached hydrogens (tertiary/aromatic N) is 2. The number of benzene rings is 2. The number of rotatable bonds is 5. The van der Waals surface area contributed by atoms with Gasteiger partial charge in [0.15, 0.2) is 5.96 Å². The topological polar surface area (TPSA) is 48.9 Å². The molecule has 0 bridgehead atoms. The molecule has 4 rings (SSSR count). The Morgan fingerprint density at radius 3 is 2.68 bits per heavy atom. The van der Waals surface area contributed by atoms with Crippen molar-refractivity contribution in [1.82, 2.24) is 15.5 Å². The van der Waals surface area contributed by atoms with E-state index >= 15 is 0 Å². The normalized spacial score (nSPS) is 19.7. The largest absolute Gasteiger partial charge is 0.493 e. The van der Waals surface area contributed by atoms with E-state index in [1.807, 2.05) is 13.1 Å². The molecule has 0 saturated carbocycles. The van der Waals surface area contributed by atoms with Gasteiger partial charge in [-0.3, -0.25) is 9.89 Å². The Bertz CT molecular complexity index is 864. The summed E-state index contributed by atoms with van der Waals surface area (Å²) in [6.07, 6.45) is 3.33. The number of ether oxygens (including phenoxy) is 1. The molecular weight excluding hydrogens is 499 g/mol. The second-order valence-corrected chi connectivity index (χ2v) is 8.51. The van der Waals surface area contributed by atoms with Crippen molar-refractivity contribution < 1.29 is 4.74 Å². The van der Waals surface area contributed by atoms with Crippen molar-refractivity contribution in [2.75, 3.05) is 33.3 Å². The molecule has 6 heteroatoms. The van der Waals surface area contributed by atoms with Crippen LogP contribution in [0.4, 0.5) is 0 Å². The summed E-state index contributed by atoms with van der Waals surface area (Å²) in [4.78, 5) is 7.03. The van der Waals surface area contributed by atoms with E-state index in [-0.39, 0.29) is 24.0 Å². The molecule has 0 aliphatic carbocycles. The fourth-order valence-corrected chi connectivity index (χ4v) is 4.54. The van der Waals surface area contributed by atoms with Gasteiger partial charge in [-0.05, 0) is 43.4 Å². The summed E-state index contributed by atoms with van der Waals surface area (Å²) in [6, 6.07) is 17.7. The molecule has 0 amide bonds. The number of piperidine rings is 1. The third kappa shape index (κ3) is 6.59. The van der Waals surface area contributed by atoms with E-state index in [0.29, 0.717) is 12.0 Å². The quantitative estimate of drug-likeness (QED) is 0.341. The Labute approximate surface area is 203 Å². The Morgan fingerprint density at radius 1 is 1.10 bits per heavy atom. The SMILES string of the molecule is CN=C(NCC1CCOc2ccccc21)NC1CCN(Cc2cccc(C)c2)CC1.I. The third-order valence-electron chi connectivity index (χ3n) is 6.24. The Balaban J connectivity index is 0.00000272. The molecule has 0 radical (unpaired) electrons. The van der Waals surface area contributed by atoms with Crippen molar-refractivity contribution >= 4 is 29.9 Å². The minimum Gasteiger partial charge on any atom is -0.493 e. The van der Waals surface area contributed by atoms with E-state index in [1.54, 1.807) is 0 Å². The van der Waals surface area contributed by atoms with Crippen LogP contribution in [-0.2, 0) is 6.54 Å². The van der Waals surface area contributed by atoms with Gasteiger partial charge in [-0.2, -0.15) is 0 Å². The summed E-state index contributed by atoms with van der Waals surface area (Å²) in [5.41, 5.74) is 4.05. The van der Waals surface area contributed by atoms with Crippen LogP contribution >= 0.6 is 24.0 Å². The van der Waals surface area contributed by atoms with Crippen molar-refractivity contribution in [2.45, 2.75) is 44.7 Å². The van der Waals surface area contributed by atoms with E-state index < -0.39 is 0 Å². The predicted octanol–water partition coefficient (Wildman–Crippen LogP) is 4.31. The minimum absolute atomic E-state index is 0.